The monoisotopic (exact) mass is 327 g/mol. The Morgan fingerprint density at radius 1 is 1.38 bits per heavy atom. The Morgan fingerprint density at radius 2 is 2.25 bits per heavy atom. The van der Waals surface area contributed by atoms with Gasteiger partial charge in [0.25, 0.3) is 5.56 Å². The molecule has 1 aliphatic heterocycles. The number of para-hydroxylation sites is 1. The number of furan rings is 1. The Hall–Kier alpha value is -2.67. The van der Waals surface area contributed by atoms with Gasteiger partial charge in [-0.25, -0.2) is 4.98 Å². The predicted molar refractivity (Wildman–Crippen MR) is 87.8 cm³/mol. The fourth-order valence-electron chi connectivity index (χ4n) is 2.97. The summed E-state index contributed by atoms with van der Waals surface area (Å²) in [5.41, 5.74) is 0.943. The smallest absolute Gasteiger partial charge is 0.297 e. The molecule has 124 valence electrons. The second-order valence-corrected chi connectivity index (χ2v) is 5.89. The van der Waals surface area contributed by atoms with Gasteiger partial charge >= 0.3 is 0 Å². The van der Waals surface area contributed by atoms with E-state index in [-0.39, 0.29) is 29.7 Å². The second kappa shape index (κ2) is 6.09. The third-order valence-electron chi connectivity index (χ3n) is 4.22. The molecule has 0 saturated carbocycles. The number of carbonyl (C=O) groups excluding carboxylic acids is 1. The predicted octanol–water partition coefficient (Wildman–Crippen LogP) is 1.44. The van der Waals surface area contributed by atoms with Gasteiger partial charge < -0.3 is 14.5 Å². The van der Waals surface area contributed by atoms with Crippen molar-refractivity contribution in [3.05, 3.63) is 40.9 Å². The van der Waals surface area contributed by atoms with Crippen molar-refractivity contribution in [1.82, 2.24) is 14.9 Å². The maximum Gasteiger partial charge on any atom is 0.297 e. The first kappa shape index (κ1) is 14.9. The van der Waals surface area contributed by atoms with E-state index < -0.39 is 0 Å². The average molecular weight is 327 g/mol. The fraction of sp³-hybridized carbons (Fsp3) is 0.353. The molecule has 1 atom stereocenters. The number of ether oxygens (including phenoxy) is 1. The normalized spacial score (nSPS) is 17.6. The van der Waals surface area contributed by atoms with Crippen LogP contribution in [0.2, 0.25) is 0 Å². The maximum atomic E-state index is 12.5. The van der Waals surface area contributed by atoms with Crippen LogP contribution < -0.4 is 10.9 Å². The van der Waals surface area contributed by atoms with E-state index in [1.807, 2.05) is 18.2 Å². The van der Waals surface area contributed by atoms with E-state index in [0.717, 1.165) is 24.8 Å². The Kier molecular flexibility index (Phi) is 3.78. The van der Waals surface area contributed by atoms with Crippen LogP contribution in [0.1, 0.15) is 12.8 Å². The molecular formula is C17H17N3O4. The zero-order valence-electron chi connectivity index (χ0n) is 13.0. The molecule has 2 aromatic heterocycles. The van der Waals surface area contributed by atoms with Crippen LogP contribution in [0.5, 0.6) is 0 Å². The molecule has 7 heteroatoms. The highest BCUT2D eigenvalue weighted by molar-refractivity contribution is 6.01. The van der Waals surface area contributed by atoms with E-state index in [2.05, 4.69) is 10.3 Å². The SMILES string of the molecule is O=C(Cn1cnc2c(oc3ccccc32)c1=O)NC[C@@H]1CCCO1. The third-order valence-corrected chi connectivity index (χ3v) is 4.22. The molecule has 0 radical (unpaired) electrons. The summed E-state index contributed by atoms with van der Waals surface area (Å²) in [6, 6.07) is 7.34. The van der Waals surface area contributed by atoms with Crippen LogP contribution in [0.3, 0.4) is 0 Å². The molecule has 3 heterocycles. The van der Waals surface area contributed by atoms with Crippen molar-refractivity contribution >= 4 is 28.0 Å². The van der Waals surface area contributed by atoms with Crippen LogP contribution in [-0.2, 0) is 16.1 Å². The molecule has 3 aromatic rings. The molecule has 1 N–H and O–H groups in total. The number of fused-ring (bicyclic) bond motifs is 3. The number of hydrogen-bond acceptors (Lipinski definition) is 5. The summed E-state index contributed by atoms with van der Waals surface area (Å²) in [6.45, 7) is 1.12. The molecule has 1 aliphatic rings. The third kappa shape index (κ3) is 2.67. The molecule has 1 saturated heterocycles. The molecule has 1 fully saturated rings. The summed E-state index contributed by atoms with van der Waals surface area (Å²) >= 11 is 0. The molecule has 1 amide bonds. The summed E-state index contributed by atoms with van der Waals surface area (Å²) < 4.78 is 12.3. The van der Waals surface area contributed by atoms with E-state index in [1.165, 1.54) is 10.9 Å². The fourth-order valence-corrected chi connectivity index (χ4v) is 2.97. The number of benzene rings is 1. The summed E-state index contributed by atoms with van der Waals surface area (Å²) in [6.07, 6.45) is 3.43. The van der Waals surface area contributed by atoms with Crippen molar-refractivity contribution in [3.8, 4) is 0 Å². The van der Waals surface area contributed by atoms with Crippen molar-refractivity contribution in [3.63, 3.8) is 0 Å². The Bertz CT molecular complexity index is 953. The zero-order valence-corrected chi connectivity index (χ0v) is 13.0. The Morgan fingerprint density at radius 3 is 3.08 bits per heavy atom. The number of nitrogens with zero attached hydrogens (tertiary/aromatic N) is 2. The van der Waals surface area contributed by atoms with Crippen molar-refractivity contribution < 1.29 is 13.9 Å². The summed E-state index contributed by atoms with van der Waals surface area (Å²) in [5.74, 6) is -0.245. The molecule has 4 rings (SSSR count). The Labute approximate surface area is 137 Å². The highest BCUT2D eigenvalue weighted by Crippen LogP contribution is 2.23. The summed E-state index contributed by atoms with van der Waals surface area (Å²) in [7, 11) is 0. The van der Waals surface area contributed by atoms with Gasteiger partial charge in [-0.15, -0.1) is 0 Å². The maximum absolute atomic E-state index is 12.5. The van der Waals surface area contributed by atoms with Crippen LogP contribution in [0.25, 0.3) is 22.1 Å². The lowest BCUT2D eigenvalue weighted by Crippen LogP contribution is -2.36. The average Bonchev–Trinajstić information content (AvgIpc) is 3.23. The standard InChI is InChI=1S/C17H17N3O4/c21-14(18-8-11-4-3-7-23-11)9-20-10-19-15-12-5-1-2-6-13(12)24-16(15)17(20)22/h1-2,5-6,10-11H,3-4,7-9H2,(H,18,21)/t11-/m0/s1. The molecular weight excluding hydrogens is 310 g/mol. The first-order valence-electron chi connectivity index (χ1n) is 7.97. The van der Waals surface area contributed by atoms with Crippen molar-refractivity contribution in [2.45, 2.75) is 25.5 Å². The van der Waals surface area contributed by atoms with Gasteiger partial charge in [-0.3, -0.25) is 14.2 Å². The first-order valence-corrected chi connectivity index (χ1v) is 7.97. The topological polar surface area (TPSA) is 86.4 Å². The molecule has 7 nitrogen and oxygen atoms in total. The number of aromatic nitrogens is 2. The number of nitrogens with one attached hydrogen (secondary N) is 1. The second-order valence-electron chi connectivity index (χ2n) is 5.89. The van der Waals surface area contributed by atoms with E-state index in [4.69, 9.17) is 9.15 Å². The minimum absolute atomic E-state index is 0.0710. The van der Waals surface area contributed by atoms with Gasteiger partial charge in [0.2, 0.25) is 11.5 Å². The van der Waals surface area contributed by atoms with Crippen LogP contribution >= 0.6 is 0 Å². The van der Waals surface area contributed by atoms with Gasteiger partial charge in [-0.1, -0.05) is 12.1 Å². The molecule has 0 spiro atoms. The minimum atomic E-state index is -0.358. The lowest BCUT2D eigenvalue weighted by Gasteiger charge is -2.11. The van der Waals surface area contributed by atoms with Gasteiger partial charge in [-0.05, 0) is 25.0 Å². The number of rotatable bonds is 4. The van der Waals surface area contributed by atoms with Crippen LogP contribution in [0.15, 0.2) is 39.8 Å². The quantitative estimate of drug-likeness (QED) is 0.783. The van der Waals surface area contributed by atoms with Gasteiger partial charge in [0, 0.05) is 18.5 Å². The van der Waals surface area contributed by atoms with Gasteiger partial charge in [0.15, 0.2) is 0 Å². The number of carbonyl (C=O) groups is 1. The van der Waals surface area contributed by atoms with Gasteiger partial charge in [0.1, 0.15) is 17.6 Å². The molecule has 1 aromatic carbocycles. The van der Waals surface area contributed by atoms with E-state index in [1.54, 1.807) is 6.07 Å². The summed E-state index contributed by atoms with van der Waals surface area (Å²) in [4.78, 5) is 28.8. The first-order chi connectivity index (χ1) is 11.7. The molecule has 24 heavy (non-hydrogen) atoms. The Balaban J connectivity index is 1.55. The van der Waals surface area contributed by atoms with E-state index >= 15 is 0 Å². The lowest BCUT2D eigenvalue weighted by atomic mass is 10.2. The van der Waals surface area contributed by atoms with E-state index in [0.29, 0.717) is 17.6 Å². The number of hydrogen-bond donors (Lipinski definition) is 1. The van der Waals surface area contributed by atoms with Crippen LogP contribution in [0.4, 0.5) is 0 Å². The van der Waals surface area contributed by atoms with Crippen LogP contribution in [-0.4, -0.2) is 34.7 Å². The van der Waals surface area contributed by atoms with Crippen LogP contribution in [0, 0.1) is 0 Å². The van der Waals surface area contributed by atoms with Crippen molar-refractivity contribution in [1.29, 1.82) is 0 Å². The lowest BCUT2D eigenvalue weighted by molar-refractivity contribution is -0.122. The highest BCUT2D eigenvalue weighted by Gasteiger charge is 2.17. The van der Waals surface area contributed by atoms with Gasteiger partial charge in [-0.2, -0.15) is 0 Å². The van der Waals surface area contributed by atoms with Gasteiger partial charge in [0.05, 0.1) is 12.4 Å². The number of amides is 1. The van der Waals surface area contributed by atoms with Crippen molar-refractivity contribution in [2.24, 2.45) is 0 Å². The van der Waals surface area contributed by atoms with E-state index in [9.17, 15) is 9.59 Å². The summed E-state index contributed by atoms with van der Waals surface area (Å²) in [5, 5.41) is 3.58. The highest BCUT2D eigenvalue weighted by atomic mass is 16.5. The molecule has 0 unspecified atom stereocenters. The van der Waals surface area contributed by atoms with Crippen molar-refractivity contribution in [2.75, 3.05) is 13.2 Å². The minimum Gasteiger partial charge on any atom is -0.448 e. The largest absolute Gasteiger partial charge is 0.448 e. The molecule has 0 aliphatic carbocycles. The molecule has 0 bridgehead atoms. The zero-order chi connectivity index (χ0) is 16.5.